The van der Waals surface area contributed by atoms with Crippen molar-refractivity contribution in [2.75, 3.05) is 0 Å². The van der Waals surface area contributed by atoms with Gasteiger partial charge < -0.3 is 0 Å². The van der Waals surface area contributed by atoms with Crippen LogP contribution in [-0.2, 0) is 0 Å². The molecule has 0 radical (unpaired) electrons. The average Bonchev–Trinajstić information content (AvgIpc) is 1.97. The number of hydrogen-bond acceptors (Lipinski definition) is 0. The summed E-state index contributed by atoms with van der Waals surface area (Å²) in [4.78, 5) is 0. The van der Waals surface area contributed by atoms with E-state index >= 15 is 0 Å². The molecule has 4 aliphatic rings. The molecule has 0 heteroatoms. The molecule has 0 saturated heterocycles. The summed E-state index contributed by atoms with van der Waals surface area (Å²) in [5.41, 5.74) is 0.572. The van der Waals surface area contributed by atoms with E-state index in [1.54, 1.807) is 32.1 Å². The van der Waals surface area contributed by atoms with Crippen LogP contribution in [0.2, 0.25) is 0 Å². The van der Waals surface area contributed by atoms with Gasteiger partial charge in [0.15, 0.2) is 0 Å². The van der Waals surface area contributed by atoms with Gasteiger partial charge in [-0.15, -0.1) is 0 Å². The Morgan fingerprint density at radius 3 is 1.50 bits per heavy atom. The molecular formula is C14H24. The SMILES string of the molecule is CC(C)(C)C1C2CC3CC(C2)CC1C3. The van der Waals surface area contributed by atoms with Crippen molar-refractivity contribution in [3.8, 4) is 0 Å². The smallest absolute Gasteiger partial charge is 0.0308 e. The average molecular weight is 192 g/mol. The third kappa shape index (κ3) is 1.26. The molecule has 0 aromatic rings. The standard InChI is InChI=1S/C14H24/c1-14(2,3)13-11-5-9-4-10(7-11)8-12(13)6-9/h9-13H,4-8H2,1-3H3. The highest BCUT2D eigenvalue weighted by molar-refractivity contribution is 5.01. The van der Waals surface area contributed by atoms with Crippen molar-refractivity contribution in [1.82, 2.24) is 0 Å². The summed E-state index contributed by atoms with van der Waals surface area (Å²) in [5, 5.41) is 0. The highest BCUT2D eigenvalue weighted by Crippen LogP contribution is 2.60. The first-order chi connectivity index (χ1) is 6.54. The monoisotopic (exact) mass is 192 g/mol. The van der Waals surface area contributed by atoms with Gasteiger partial charge in [-0.1, -0.05) is 20.8 Å². The van der Waals surface area contributed by atoms with Gasteiger partial charge in [-0.3, -0.25) is 0 Å². The van der Waals surface area contributed by atoms with Crippen molar-refractivity contribution >= 4 is 0 Å². The maximum absolute atomic E-state index is 2.47. The van der Waals surface area contributed by atoms with Gasteiger partial charge in [-0.25, -0.2) is 0 Å². The zero-order chi connectivity index (χ0) is 9.92. The molecule has 4 saturated carbocycles. The molecule has 4 rings (SSSR count). The fourth-order valence-electron chi connectivity index (χ4n) is 5.34. The Morgan fingerprint density at radius 1 is 0.714 bits per heavy atom. The van der Waals surface area contributed by atoms with Crippen LogP contribution in [0.3, 0.4) is 0 Å². The van der Waals surface area contributed by atoms with Gasteiger partial charge in [0, 0.05) is 0 Å². The Kier molecular flexibility index (Phi) is 1.83. The second-order valence-corrected chi connectivity index (χ2v) is 7.32. The van der Waals surface area contributed by atoms with E-state index in [4.69, 9.17) is 0 Å². The first-order valence-electron chi connectivity index (χ1n) is 6.54. The lowest BCUT2D eigenvalue weighted by Crippen LogP contribution is -2.49. The fraction of sp³-hybridized carbons (Fsp3) is 1.00. The summed E-state index contributed by atoms with van der Waals surface area (Å²) in [7, 11) is 0. The predicted molar refractivity (Wildman–Crippen MR) is 60.0 cm³/mol. The minimum atomic E-state index is 0.572. The quantitative estimate of drug-likeness (QED) is 0.542. The summed E-state index contributed by atoms with van der Waals surface area (Å²) in [6.07, 6.45) is 7.90. The normalized spacial score (nSPS) is 51.2. The Bertz CT molecular complexity index is 205. The van der Waals surface area contributed by atoms with Crippen LogP contribution in [-0.4, -0.2) is 0 Å². The molecule has 0 N–H and O–H groups in total. The van der Waals surface area contributed by atoms with Crippen LogP contribution in [0.25, 0.3) is 0 Å². The Labute approximate surface area is 88.5 Å². The summed E-state index contributed by atoms with van der Waals surface area (Å²) < 4.78 is 0. The van der Waals surface area contributed by atoms with Crippen molar-refractivity contribution in [1.29, 1.82) is 0 Å². The van der Waals surface area contributed by atoms with Gasteiger partial charge in [0.25, 0.3) is 0 Å². The van der Waals surface area contributed by atoms with Crippen molar-refractivity contribution in [2.45, 2.75) is 52.9 Å². The molecule has 0 amide bonds. The zero-order valence-corrected chi connectivity index (χ0v) is 9.92. The first-order valence-corrected chi connectivity index (χ1v) is 6.54. The van der Waals surface area contributed by atoms with E-state index in [9.17, 15) is 0 Å². The molecule has 0 aliphatic heterocycles. The highest BCUT2D eigenvalue weighted by Gasteiger charge is 2.51. The Hall–Kier alpha value is 0. The third-order valence-electron chi connectivity index (χ3n) is 5.23. The molecular weight excluding hydrogens is 168 g/mol. The van der Waals surface area contributed by atoms with Gasteiger partial charge in [0.2, 0.25) is 0 Å². The molecule has 0 atom stereocenters. The van der Waals surface area contributed by atoms with Gasteiger partial charge >= 0.3 is 0 Å². The van der Waals surface area contributed by atoms with E-state index in [0.717, 1.165) is 29.6 Å². The van der Waals surface area contributed by atoms with Gasteiger partial charge in [0.1, 0.15) is 0 Å². The lowest BCUT2D eigenvalue weighted by atomic mass is 9.47. The maximum atomic E-state index is 2.47. The fourth-order valence-corrected chi connectivity index (χ4v) is 5.34. The van der Waals surface area contributed by atoms with Crippen LogP contribution in [0.4, 0.5) is 0 Å². The van der Waals surface area contributed by atoms with Crippen LogP contribution in [0.1, 0.15) is 52.9 Å². The Morgan fingerprint density at radius 2 is 1.14 bits per heavy atom. The number of hydrogen-bond donors (Lipinski definition) is 0. The van der Waals surface area contributed by atoms with E-state index in [2.05, 4.69) is 20.8 Å². The van der Waals surface area contributed by atoms with E-state index in [1.807, 2.05) is 0 Å². The Balaban J connectivity index is 1.88. The summed E-state index contributed by atoms with van der Waals surface area (Å²) in [5.74, 6) is 5.53. The minimum absolute atomic E-state index is 0.572. The van der Waals surface area contributed by atoms with Crippen LogP contribution >= 0.6 is 0 Å². The molecule has 0 heterocycles. The summed E-state index contributed by atoms with van der Waals surface area (Å²) in [6.45, 7) is 7.42. The van der Waals surface area contributed by atoms with Gasteiger partial charge in [-0.2, -0.15) is 0 Å². The molecule has 0 unspecified atom stereocenters. The second kappa shape index (κ2) is 2.77. The maximum Gasteiger partial charge on any atom is -0.0308 e. The molecule has 4 fully saturated rings. The summed E-state index contributed by atoms with van der Waals surface area (Å²) >= 11 is 0. The van der Waals surface area contributed by atoms with Gasteiger partial charge in [-0.05, 0) is 67.1 Å². The molecule has 0 nitrogen and oxygen atoms in total. The van der Waals surface area contributed by atoms with Crippen LogP contribution < -0.4 is 0 Å². The molecule has 4 bridgehead atoms. The van der Waals surface area contributed by atoms with Crippen LogP contribution in [0.5, 0.6) is 0 Å². The van der Waals surface area contributed by atoms with Crippen molar-refractivity contribution in [3.63, 3.8) is 0 Å². The largest absolute Gasteiger partial charge is 0.0599 e. The van der Waals surface area contributed by atoms with E-state index in [0.29, 0.717) is 5.41 Å². The lowest BCUT2D eigenvalue weighted by Gasteiger charge is -2.58. The number of rotatable bonds is 0. The minimum Gasteiger partial charge on any atom is -0.0599 e. The second-order valence-electron chi connectivity index (χ2n) is 7.32. The van der Waals surface area contributed by atoms with E-state index in [-0.39, 0.29) is 0 Å². The molecule has 0 aromatic carbocycles. The first kappa shape index (κ1) is 9.24. The molecule has 0 aromatic heterocycles. The summed E-state index contributed by atoms with van der Waals surface area (Å²) in [6, 6.07) is 0. The molecule has 0 spiro atoms. The molecule has 80 valence electrons. The molecule has 14 heavy (non-hydrogen) atoms. The van der Waals surface area contributed by atoms with Gasteiger partial charge in [0.05, 0.1) is 0 Å². The third-order valence-corrected chi connectivity index (χ3v) is 5.23. The van der Waals surface area contributed by atoms with E-state index in [1.165, 1.54) is 0 Å². The highest BCUT2D eigenvalue weighted by atomic mass is 14.6. The zero-order valence-electron chi connectivity index (χ0n) is 9.92. The topological polar surface area (TPSA) is 0 Å². The predicted octanol–water partition coefficient (Wildman–Crippen LogP) is 4.10. The van der Waals surface area contributed by atoms with Crippen LogP contribution in [0, 0.1) is 35.0 Å². The van der Waals surface area contributed by atoms with Crippen molar-refractivity contribution in [2.24, 2.45) is 35.0 Å². The lowest BCUT2D eigenvalue weighted by molar-refractivity contribution is -0.0811. The van der Waals surface area contributed by atoms with E-state index < -0.39 is 0 Å². The molecule has 4 aliphatic carbocycles. The van der Waals surface area contributed by atoms with Crippen molar-refractivity contribution in [3.05, 3.63) is 0 Å². The van der Waals surface area contributed by atoms with Crippen LogP contribution in [0.15, 0.2) is 0 Å². The van der Waals surface area contributed by atoms with Crippen molar-refractivity contribution < 1.29 is 0 Å².